The smallest absolute Gasteiger partial charge is 0.306 e. The Hall–Kier alpha value is -2.83. The topological polar surface area (TPSA) is 86.7 Å². The van der Waals surface area contributed by atoms with Gasteiger partial charge in [0.1, 0.15) is 18.2 Å². The third-order valence-corrected chi connectivity index (χ3v) is 15.7. The first kappa shape index (κ1) is 51.2. The second kappa shape index (κ2) is 28.3. The van der Waals surface area contributed by atoms with Crippen LogP contribution in [0.4, 0.5) is 0 Å². The molecule has 0 saturated heterocycles. The zero-order chi connectivity index (χ0) is 44.8. The monoisotopic (exact) mass is 887 g/mol. The third-order valence-electron chi connectivity index (χ3n) is 15.4. The van der Waals surface area contributed by atoms with E-state index in [0.29, 0.717) is 66.5 Å². The molecule has 0 aromatic heterocycles. The highest BCUT2D eigenvalue weighted by Crippen LogP contribution is 2.41. The van der Waals surface area contributed by atoms with Crippen LogP contribution in [0.15, 0.2) is 48.5 Å². The minimum Gasteiger partial charge on any atom is -0.462 e. The fourth-order valence-corrected chi connectivity index (χ4v) is 11.3. The Kier molecular flexibility index (Phi) is 22.9. The van der Waals surface area contributed by atoms with Gasteiger partial charge in [0.05, 0.1) is 6.10 Å². The summed E-state index contributed by atoms with van der Waals surface area (Å²) < 4.78 is 11.6. The second-order valence-corrected chi connectivity index (χ2v) is 20.3. The average molecular weight is 888 g/mol. The van der Waals surface area contributed by atoms with Crippen molar-refractivity contribution in [2.45, 2.75) is 218 Å². The molecule has 4 aliphatic carbocycles. The molecule has 2 aromatic carbocycles. The highest BCUT2D eigenvalue weighted by atomic mass is 35.5. The molecule has 350 valence electrons. The molecule has 0 aliphatic heterocycles. The van der Waals surface area contributed by atoms with Gasteiger partial charge in [0.25, 0.3) is 0 Å². The van der Waals surface area contributed by atoms with Crippen LogP contribution in [0.1, 0.15) is 233 Å². The third kappa shape index (κ3) is 17.2. The molecule has 0 heterocycles. The van der Waals surface area contributed by atoms with Gasteiger partial charge in [0, 0.05) is 49.7 Å². The SMILES string of the molecule is CCCC(=O)OC1CCC(c2ccc(C(C=O)C3CCC(CCCCl)CC3)cc2)CC1.CCCCOC1CCC(c2ccc(C(=O)CC3CCC(CCC(=O)CC)CC3)cc2)CC1. The molecule has 1 unspecified atom stereocenters. The van der Waals surface area contributed by atoms with Gasteiger partial charge in [0.2, 0.25) is 0 Å². The first-order valence-electron chi connectivity index (χ1n) is 25.8. The van der Waals surface area contributed by atoms with E-state index in [0.717, 1.165) is 120 Å². The Morgan fingerprint density at radius 2 is 1.19 bits per heavy atom. The van der Waals surface area contributed by atoms with Gasteiger partial charge in [-0.15, -0.1) is 11.6 Å². The van der Waals surface area contributed by atoms with E-state index in [9.17, 15) is 19.2 Å². The van der Waals surface area contributed by atoms with Crippen LogP contribution < -0.4 is 0 Å². The highest BCUT2D eigenvalue weighted by molar-refractivity contribution is 6.17. The molecule has 0 spiro atoms. The summed E-state index contributed by atoms with van der Waals surface area (Å²) in [4.78, 5) is 48.1. The maximum atomic E-state index is 12.8. The molecule has 63 heavy (non-hydrogen) atoms. The summed E-state index contributed by atoms with van der Waals surface area (Å²) in [6.45, 7) is 7.07. The van der Waals surface area contributed by atoms with Crippen LogP contribution in [0.3, 0.4) is 0 Å². The number of rotatable bonds is 22. The molecule has 0 N–H and O–H groups in total. The van der Waals surface area contributed by atoms with Crippen LogP contribution in [0.2, 0.25) is 0 Å². The molecule has 7 heteroatoms. The molecule has 0 amide bonds. The second-order valence-electron chi connectivity index (χ2n) is 19.9. The average Bonchev–Trinajstić information content (AvgIpc) is 3.32. The van der Waals surface area contributed by atoms with Crippen molar-refractivity contribution >= 4 is 35.4 Å². The molecule has 1 atom stereocenters. The van der Waals surface area contributed by atoms with Gasteiger partial charge in [0.15, 0.2) is 5.78 Å². The summed E-state index contributed by atoms with van der Waals surface area (Å²) in [6.07, 6.45) is 29.0. The number of benzene rings is 2. The fraction of sp³-hybridized carbons (Fsp3) is 0.714. The van der Waals surface area contributed by atoms with Crippen molar-refractivity contribution in [3.8, 4) is 0 Å². The quantitative estimate of drug-likeness (QED) is 0.0385. The largest absolute Gasteiger partial charge is 0.462 e. The number of ketones is 2. The van der Waals surface area contributed by atoms with Gasteiger partial charge in [-0.05, 0) is 161 Å². The summed E-state index contributed by atoms with van der Waals surface area (Å²) >= 11 is 5.84. The lowest BCUT2D eigenvalue weighted by atomic mass is 9.73. The van der Waals surface area contributed by atoms with Gasteiger partial charge < -0.3 is 14.3 Å². The standard InChI is InChI=1S/C29H44O3.C27H39ClO3/c1-3-5-20-32-28-18-15-25(16-19-28)24-11-13-26(14-12-24)29(31)21-23-8-6-22(7-9-23)10-17-27(30)4-2;1-2-4-27(30)31-25-16-14-22(15-17-25)21-10-12-24(13-11-21)26(19-29)23-8-6-20(7-9-23)5-3-18-28/h11-14,22-23,25,28H,3-10,15-21H2,1-2H3;10-13,19-20,22-23,25-26H,2-9,14-18H2,1H3. The predicted molar refractivity (Wildman–Crippen MR) is 258 cm³/mol. The number of carbonyl (C=O) groups excluding carboxylic acids is 4. The summed E-state index contributed by atoms with van der Waals surface area (Å²) in [5.41, 5.74) is 4.79. The van der Waals surface area contributed by atoms with E-state index in [1.54, 1.807) is 0 Å². The molecule has 0 bridgehead atoms. The molecule has 0 radical (unpaired) electrons. The minimum atomic E-state index is -0.0525. The van der Waals surface area contributed by atoms with Crippen LogP contribution >= 0.6 is 11.6 Å². The minimum absolute atomic E-state index is 0.0248. The summed E-state index contributed by atoms with van der Waals surface area (Å²) in [5.74, 6) is 5.03. The molecule has 6 rings (SSSR count). The van der Waals surface area contributed by atoms with Gasteiger partial charge in [-0.25, -0.2) is 0 Å². The van der Waals surface area contributed by atoms with E-state index in [-0.39, 0.29) is 18.0 Å². The lowest BCUT2D eigenvalue weighted by molar-refractivity contribution is -0.150. The molecule has 4 saturated carbocycles. The van der Waals surface area contributed by atoms with E-state index in [1.165, 1.54) is 74.3 Å². The number of aldehydes is 1. The van der Waals surface area contributed by atoms with E-state index >= 15 is 0 Å². The molecular formula is C56H83ClO6. The Morgan fingerprint density at radius 3 is 1.75 bits per heavy atom. The Balaban J connectivity index is 0.000000238. The maximum absolute atomic E-state index is 12.8. The Morgan fingerprint density at radius 1 is 0.635 bits per heavy atom. The summed E-state index contributed by atoms with van der Waals surface area (Å²) in [6, 6.07) is 17.3. The van der Waals surface area contributed by atoms with Crippen molar-refractivity contribution in [1.82, 2.24) is 0 Å². The number of unbranched alkanes of at least 4 members (excludes halogenated alkanes) is 1. The van der Waals surface area contributed by atoms with E-state index in [2.05, 4.69) is 55.5 Å². The van der Waals surface area contributed by atoms with Gasteiger partial charge in [-0.3, -0.25) is 14.4 Å². The molecule has 6 nitrogen and oxygen atoms in total. The predicted octanol–water partition coefficient (Wildman–Crippen LogP) is 14.8. The van der Waals surface area contributed by atoms with Gasteiger partial charge >= 0.3 is 5.97 Å². The zero-order valence-corrected chi connectivity index (χ0v) is 40.3. The first-order chi connectivity index (χ1) is 30.7. The lowest BCUT2D eigenvalue weighted by Crippen LogP contribution is -2.24. The van der Waals surface area contributed by atoms with Crippen LogP contribution in [-0.2, 0) is 23.9 Å². The van der Waals surface area contributed by atoms with E-state index in [4.69, 9.17) is 21.1 Å². The van der Waals surface area contributed by atoms with Crippen LogP contribution in [0.25, 0.3) is 0 Å². The van der Waals surface area contributed by atoms with Crippen LogP contribution in [0, 0.1) is 23.7 Å². The number of halogens is 1. The molecule has 4 fully saturated rings. The highest BCUT2D eigenvalue weighted by Gasteiger charge is 2.30. The summed E-state index contributed by atoms with van der Waals surface area (Å²) in [5, 5.41) is 0. The van der Waals surface area contributed by atoms with Crippen molar-refractivity contribution in [2.75, 3.05) is 12.5 Å². The molecular weight excluding hydrogens is 804 g/mol. The number of ether oxygens (including phenoxy) is 2. The van der Waals surface area contributed by atoms with Crippen molar-refractivity contribution in [1.29, 1.82) is 0 Å². The maximum Gasteiger partial charge on any atom is 0.306 e. The van der Waals surface area contributed by atoms with E-state index in [1.807, 2.05) is 13.8 Å². The van der Waals surface area contributed by atoms with Crippen molar-refractivity contribution in [3.63, 3.8) is 0 Å². The summed E-state index contributed by atoms with van der Waals surface area (Å²) in [7, 11) is 0. The Bertz CT molecular complexity index is 1610. The van der Waals surface area contributed by atoms with Crippen molar-refractivity contribution < 1.29 is 28.7 Å². The zero-order valence-electron chi connectivity index (χ0n) is 39.5. The van der Waals surface area contributed by atoms with Gasteiger partial charge in [-0.2, -0.15) is 0 Å². The lowest BCUT2D eigenvalue weighted by Gasteiger charge is -2.32. The van der Waals surface area contributed by atoms with Crippen molar-refractivity contribution in [2.24, 2.45) is 23.7 Å². The van der Waals surface area contributed by atoms with Gasteiger partial charge in [-0.1, -0.05) is 101 Å². The van der Waals surface area contributed by atoms with Crippen LogP contribution in [0.5, 0.6) is 0 Å². The first-order valence-corrected chi connectivity index (χ1v) is 26.3. The van der Waals surface area contributed by atoms with Crippen molar-refractivity contribution in [3.05, 3.63) is 70.8 Å². The number of hydrogen-bond donors (Lipinski definition) is 0. The number of Topliss-reactive ketones (excluding diaryl/α,β-unsaturated/α-hetero) is 2. The van der Waals surface area contributed by atoms with Crippen LogP contribution in [-0.4, -0.2) is 48.5 Å². The number of esters is 1. The fourth-order valence-electron chi connectivity index (χ4n) is 11.2. The molecule has 2 aromatic rings. The number of hydrogen-bond acceptors (Lipinski definition) is 6. The number of alkyl halides is 1. The van der Waals surface area contributed by atoms with E-state index < -0.39 is 0 Å². The number of carbonyl (C=O) groups is 4. The molecule has 4 aliphatic rings. The Labute approximate surface area is 387 Å². The normalized spacial score (nSPS) is 26.7.